The molecule has 4 nitrogen and oxygen atoms in total. The van der Waals surface area contributed by atoms with Crippen LogP contribution >= 0.6 is 15.9 Å². The van der Waals surface area contributed by atoms with E-state index in [1.54, 1.807) is 0 Å². The maximum absolute atomic E-state index is 12.7. The van der Waals surface area contributed by atoms with Crippen LogP contribution in [0.2, 0.25) is 0 Å². The van der Waals surface area contributed by atoms with E-state index in [0.29, 0.717) is 10.5 Å². The van der Waals surface area contributed by atoms with Crippen molar-refractivity contribution in [3.63, 3.8) is 0 Å². The zero-order valence-electron chi connectivity index (χ0n) is 12.1. The number of alkyl halides is 3. The van der Waals surface area contributed by atoms with Crippen LogP contribution in [0.4, 0.5) is 13.2 Å². The molecule has 0 bridgehead atoms. The molecular weight excluding hydrogens is 413 g/mol. The Morgan fingerprint density at radius 2 is 1.79 bits per heavy atom. The van der Waals surface area contributed by atoms with Gasteiger partial charge in [0.25, 0.3) is 0 Å². The molecule has 0 aromatic heterocycles. The van der Waals surface area contributed by atoms with Gasteiger partial charge in [0.05, 0.1) is 11.1 Å². The second-order valence-electron chi connectivity index (χ2n) is 4.76. The third-order valence-corrected chi connectivity index (χ3v) is 4.69. The third-order valence-electron chi connectivity index (χ3n) is 2.97. The lowest BCUT2D eigenvalue weighted by atomic mass is 10.1. The van der Waals surface area contributed by atoms with Gasteiger partial charge in [0.1, 0.15) is 4.90 Å². The molecule has 2 aromatic carbocycles. The minimum atomic E-state index is -4.69. The number of rotatable bonds is 4. The van der Waals surface area contributed by atoms with Gasteiger partial charge in [-0.1, -0.05) is 22.0 Å². The molecule has 0 spiro atoms. The number of hydrogen-bond acceptors (Lipinski definition) is 4. The zero-order chi connectivity index (χ0) is 18.1. The molecule has 0 aliphatic heterocycles. The molecule has 0 unspecified atom stereocenters. The largest absolute Gasteiger partial charge is 0.416 e. The highest BCUT2D eigenvalue weighted by atomic mass is 79.9. The van der Waals surface area contributed by atoms with Crippen molar-refractivity contribution in [2.45, 2.75) is 18.0 Å². The lowest BCUT2D eigenvalue weighted by Gasteiger charge is -2.12. The van der Waals surface area contributed by atoms with Gasteiger partial charge >= 0.3 is 16.3 Å². The Hall–Kier alpha value is -1.87. The van der Waals surface area contributed by atoms with Crippen molar-refractivity contribution in [2.24, 2.45) is 0 Å². The van der Waals surface area contributed by atoms with Crippen molar-refractivity contribution in [3.8, 4) is 5.75 Å². The first kappa shape index (κ1) is 18.5. The van der Waals surface area contributed by atoms with E-state index in [-0.39, 0.29) is 11.3 Å². The standard InChI is InChI=1S/C15H10BrF3O4S/c1-9(20)13-8-11(16)5-6-14(13)23-24(21,22)12-4-2-3-10(7-12)15(17,18)19/h2-8H,1H3. The van der Waals surface area contributed by atoms with Crippen LogP contribution in [0.1, 0.15) is 22.8 Å². The Kier molecular flexibility index (Phi) is 5.05. The molecule has 24 heavy (non-hydrogen) atoms. The molecule has 128 valence electrons. The van der Waals surface area contributed by atoms with Crippen molar-refractivity contribution >= 4 is 31.8 Å². The molecule has 0 fully saturated rings. The maximum atomic E-state index is 12.7. The van der Waals surface area contributed by atoms with Gasteiger partial charge < -0.3 is 4.18 Å². The first-order valence-electron chi connectivity index (χ1n) is 6.43. The average Bonchev–Trinajstić information content (AvgIpc) is 2.48. The molecule has 0 heterocycles. The fourth-order valence-corrected chi connectivity index (χ4v) is 3.20. The summed E-state index contributed by atoms with van der Waals surface area (Å²) in [7, 11) is -4.53. The molecule has 2 aromatic rings. The van der Waals surface area contributed by atoms with Crippen LogP contribution in [-0.2, 0) is 16.3 Å². The van der Waals surface area contributed by atoms with Gasteiger partial charge in [-0.05, 0) is 43.3 Å². The van der Waals surface area contributed by atoms with Crippen LogP contribution in [0.5, 0.6) is 5.75 Å². The normalized spacial score (nSPS) is 12.0. The molecule has 0 aliphatic carbocycles. The van der Waals surface area contributed by atoms with Gasteiger partial charge in [-0.15, -0.1) is 0 Å². The van der Waals surface area contributed by atoms with Crippen molar-refractivity contribution in [1.29, 1.82) is 0 Å². The third kappa shape index (κ3) is 4.15. The molecule has 9 heteroatoms. The summed E-state index contributed by atoms with van der Waals surface area (Å²) in [5.41, 5.74) is -1.13. The summed E-state index contributed by atoms with van der Waals surface area (Å²) in [5, 5.41) is 0. The Bertz CT molecular complexity index is 892. The number of ketones is 1. The molecule has 0 saturated carbocycles. The van der Waals surface area contributed by atoms with Crippen LogP contribution in [0.15, 0.2) is 51.8 Å². The number of halogens is 4. The van der Waals surface area contributed by atoms with Crippen LogP contribution in [0.25, 0.3) is 0 Å². The quantitative estimate of drug-likeness (QED) is 0.539. The highest BCUT2D eigenvalue weighted by molar-refractivity contribution is 9.10. The second-order valence-corrected chi connectivity index (χ2v) is 7.22. The Labute approximate surface area is 144 Å². The smallest absolute Gasteiger partial charge is 0.378 e. The van der Waals surface area contributed by atoms with Crippen molar-refractivity contribution in [1.82, 2.24) is 0 Å². The van der Waals surface area contributed by atoms with E-state index in [2.05, 4.69) is 15.9 Å². The minimum absolute atomic E-state index is 0.0140. The minimum Gasteiger partial charge on any atom is -0.378 e. The van der Waals surface area contributed by atoms with Crippen LogP contribution in [0, 0.1) is 0 Å². The lowest BCUT2D eigenvalue weighted by molar-refractivity contribution is -0.137. The van der Waals surface area contributed by atoms with Gasteiger partial charge in [-0.25, -0.2) is 0 Å². The predicted octanol–water partition coefficient (Wildman–Crippen LogP) is 4.44. The molecular formula is C15H10BrF3O4S. The number of hydrogen-bond donors (Lipinski definition) is 0. The summed E-state index contributed by atoms with van der Waals surface area (Å²) in [4.78, 5) is 10.9. The van der Waals surface area contributed by atoms with Crippen LogP contribution in [-0.4, -0.2) is 14.2 Å². The van der Waals surface area contributed by atoms with Crippen molar-refractivity contribution in [3.05, 3.63) is 58.1 Å². The van der Waals surface area contributed by atoms with Gasteiger partial charge in [0.15, 0.2) is 11.5 Å². The molecule has 0 N–H and O–H groups in total. The summed E-state index contributed by atoms with van der Waals surface area (Å²) in [6.45, 7) is 1.21. The maximum Gasteiger partial charge on any atom is 0.416 e. The van der Waals surface area contributed by atoms with E-state index in [1.165, 1.54) is 25.1 Å². The average molecular weight is 423 g/mol. The van der Waals surface area contributed by atoms with E-state index in [9.17, 15) is 26.4 Å². The van der Waals surface area contributed by atoms with E-state index < -0.39 is 32.5 Å². The molecule has 2 rings (SSSR count). The SMILES string of the molecule is CC(=O)c1cc(Br)ccc1OS(=O)(=O)c1cccc(C(F)(F)F)c1. The molecule has 0 aliphatic rings. The second kappa shape index (κ2) is 6.56. The number of Topliss-reactive ketones (excluding diaryl/α,β-unsaturated/α-hetero) is 1. The molecule has 0 amide bonds. The number of carbonyl (C=O) groups is 1. The summed E-state index contributed by atoms with van der Waals surface area (Å²) in [5.74, 6) is -0.714. The summed E-state index contributed by atoms with van der Waals surface area (Å²) >= 11 is 3.14. The first-order chi connectivity index (χ1) is 11.0. The monoisotopic (exact) mass is 422 g/mol. The van der Waals surface area contributed by atoms with Crippen molar-refractivity contribution in [2.75, 3.05) is 0 Å². The van der Waals surface area contributed by atoms with E-state index >= 15 is 0 Å². The summed E-state index contributed by atoms with van der Waals surface area (Å²) < 4.78 is 68.0. The van der Waals surface area contributed by atoms with Crippen LogP contribution < -0.4 is 4.18 Å². The van der Waals surface area contributed by atoms with E-state index in [4.69, 9.17) is 4.18 Å². The Balaban J connectivity index is 2.45. The van der Waals surface area contributed by atoms with Gasteiger partial charge in [0.2, 0.25) is 0 Å². The van der Waals surface area contributed by atoms with Gasteiger partial charge in [0, 0.05) is 4.47 Å². The van der Waals surface area contributed by atoms with Crippen LogP contribution in [0.3, 0.4) is 0 Å². The topological polar surface area (TPSA) is 60.4 Å². The van der Waals surface area contributed by atoms with E-state index in [1.807, 2.05) is 0 Å². The highest BCUT2D eigenvalue weighted by Gasteiger charge is 2.32. The lowest BCUT2D eigenvalue weighted by Crippen LogP contribution is -2.13. The fraction of sp³-hybridized carbons (Fsp3) is 0.133. The Morgan fingerprint density at radius 3 is 2.38 bits per heavy atom. The first-order valence-corrected chi connectivity index (χ1v) is 8.63. The predicted molar refractivity (Wildman–Crippen MR) is 83.4 cm³/mol. The summed E-state index contributed by atoms with van der Waals surface area (Å²) in [6.07, 6.45) is -4.69. The van der Waals surface area contributed by atoms with Gasteiger partial charge in [-0.3, -0.25) is 4.79 Å². The number of carbonyl (C=O) groups excluding carboxylic acids is 1. The van der Waals surface area contributed by atoms with Gasteiger partial charge in [-0.2, -0.15) is 21.6 Å². The molecule has 0 saturated heterocycles. The fourth-order valence-electron chi connectivity index (χ4n) is 1.84. The summed E-state index contributed by atoms with van der Waals surface area (Å²) in [6, 6.07) is 7.22. The molecule has 0 atom stereocenters. The highest BCUT2D eigenvalue weighted by Crippen LogP contribution is 2.32. The Morgan fingerprint density at radius 1 is 1.12 bits per heavy atom. The molecule has 0 radical (unpaired) electrons. The zero-order valence-corrected chi connectivity index (χ0v) is 14.5. The van der Waals surface area contributed by atoms with Crippen molar-refractivity contribution < 1.29 is 30.6 Å². The van der Waals surface area contributed by atoms with E-state index in [0.717, 1.165) is 18.2 Å². The number of benzene rings is 2.